The van der Waals surface area contributed by atoms with E-state index < -0.39 is 20.2 Å². The van der Waals surface area contributed by atoms with E-state index in [9.17, 15) is 25.9 Å². The molecule has 0 spiro atoms. The van der Waals surface area contributed by atoms with Gasteiger partial charge in [0, 0.05) is 0 Å². The first-order chi connectivity index (χ1) is 46.1. The standard InChI is InChI=1S/2C43H80O3S.Ba/c2*1-2-3-4-5-6-7-8-9-10-11-12-13-14-15-16-17-18-19-20-21-22-23-24-25-26-27-28-29-30-31-32-33-34-35-36-39-42-40-37-38-41-43(42)47(44,45)46;/h2*37-38,40-41H,2-36,39H2,1H3,(H,44,45,46);/q;;+2/p-2. The first kappa shape index (κ1) is 94.8. The molecular formula is C86H158BaO6S2. The van der Waals surface area contributed by atoms with Crippen molar-refractivity contribution in [3.05, 3.63) is 59.7 Å². The van der Waals surface area contributed by atoms with Crippen LogP contribution in [0.1, 0.15) is 474 Å². The Bertz CT molecular complexity index is 1920. The SMILES string of the molecule is CCCCCCCCCCCCCCCCCCCCCCCCCCCCCCCCCCCCCc1ccccc1S(=O)(=O)[O-].CCCCCCCCCCCCCCCCCCCCCCCCCCCCCCCCCCCCCc1ccccc1S(=O)(=O)[O-].[Ba+2]. The minimum absolute atomic E-state index is 0. The number of unbranched alkanes of at least 4 members (excludes halogenated alkanes) is 68. The third-order valence-electron chi connectivity index (χ3n) is 20.6. The molecule has 0 radical (unpaired) electrons. The van der Waals surface area contributed by atoms with Crippen LogP contribution in [-0.2, 0) is 33.1 Å². The van der Waals surface area contributed by atoms with Crippen LogP contribution in [0.15, 0.2) is 58.3 Å². The van der Waals surface area contributed by atoms with Gasteiger partial charge in [0.05, 0.1) is 9.79 Å². The van der Waals surface area contributed by atoms with Gasteiger partial charge in [0.25, 0.3) is 0 Å². The summed E-state index contributed by atoms with van der Waals surface area (Å²) < 4.78 is 68.3. The Morgan fingerprint density at radius 2 is 0.316 bits per heavy atom. The molecular weight excluding hydrogens is 1330 g/mol. The van der Waals surface area contributed by atoms with Gasteiger partial charge in [-0.3, -0.25) is 0 Å². The molecule has 0 aliphatic rings. The number of aryl methyl sites for hydroxylation is 2. The summed E-state index contributed by atoms with van der Waals surface area (Å²) in [6.45, 7) is 4.60. The van der Waals surface area contributed by atoms with E-state index in [0.29, 0.717) is 24.0 Å². The molecule has 6 nitrogen and oxygen atoms in total. The van der Waals surface area contributed by atoms with Gasteiger partial charge in [-0.15, -0.1) is 0 Å². The minimum atomic E-state index is -4.37. The summed E-state index contributed by atoms with van der Waals surface area (Å²) in [5, 5.41) is 0. The maximum Gasteiger partial charge on any atom is 2.00 e. The maximum absolute atomic E-state index is 11.4. The zero-order chi connectivity index (χ0) is 67.9. The van der Waals surface area contributed by atoms with Gasteiger partial charge in [-0.2, -0.15) is 0 Å². The van der Waals surface area contributed by atoms with Crippen LogP contribution in [-0.4, -0.2) is 74.8 Å². The Balaban J connectivity index is 0.00000184. The normalized spacial score (nSPS) is 11.7. The Labute approximate surface area is 634 Å². The van der Waals surface area contributed by atoms with Crippen LogP contribution in [0.4, 0.5) is 0 Å². The topological polar surface area (TPSA) is 114 Å². The first-order valence-corrected chi connectivity index (χ1v) is 45.0. The van der Waals surface area contributed by atoms with Crippen molar-refractivity contribution >= 4 is 69.1 Å². The molecule has 9 heteroatoms. The Kier molecular flexibility index (Phi) is 74.9. The molecule has 0 unspecified atom stereocenters. The number of rotatable bonds is 74. The zero-order valence-corrected chi connectivity index (χ0v) is 69.6. The van der Waals surface area contributed by atoms with Crippen molar-refractivity contribution in [2.24, 2.45) is 0 Å². The van der Waals surface area contributed by atoms with E-state index in [1.54, 1.807) is 24.3 Å². The van der Waals surface area contributed by atoms with Crippen molar-refractivity contribution in [2.75, 3.05) is 0 Å². The van der Waals surface area contributed by atoms with Crippen molar-refractivity contribution in [3.8, 4) is 0 Å². The van der Waals surface area contributed by atoms with Crippen LogP contribution in [0, 0.1) is 0 Å². The van der Waals surface area contributed by atoms with Crippen LogP contribution in [0.25, 0.3) is 0 Å². The predicted octanol–water partition coefficient (Wildman–Crippen LogP) is 29.2. The van der Waals surface area contributed by atoms with E-state index in [-0.39, 0.29) is 58.7 Å². The smallest absolute Gasteiger partial charge is 0.744 e. The minimum Gasteiger partial charge on any atom is -0.744 e. The van der Waals surface area contributed by atoms with Crippen molar-refractivity contribution in [2.45, 2.75) is 486 Å². The van der Waals surface area contributed by atoms with E-state index >= 15 is 0 Å². The van der Waals surface area contributed by atoms with Gasteiger partial charge in [-0.1, -0.05) is 487 Å². The fourth-order valence-electron chi connectivity index (χ4n) is 14.4. The third-order valence-corrected chi connectivity index (χ3v) is 22.5. The molecule has 0 aliphatic carbocycles. The summed E-state index contributed by atoms with van der Waals surface area (Å²) in [4.78, 5) is -0.0812. The number of benzene rings is 2. The molecule has 0 aliphatic heterocycles. The summed E-state index contributed by atoms with van der Waals surface area (Å²) >= 11 is 0. The second-order valence-corrected chi connectivity index (χ2v) is 32.4. The molecule has 0 atom stereocenters. The van der Waals surface area contributed by atoms with Gasteiger partial charge in [-0.25, -0.2) is 16.8 Å². The van der Waals surface area contributed by atoms with Crippen molar-refractivity contribution in [3.63, 3.8) is 0 Å². The molecule has 552 valence electrons. The molecule has 0 heterocycles. The van der Waals surface area contributed by atoms with Crippen LogP contribution >= 0.6 is 0 Å². The summed E-state index contributed by atoms with van der Waals surface area (Å²) in [5.41, 5.74) is 1.35. The molecule has 0 saturated carbocycles. The van der Waals surface area contributed by atoms with Crippen LogP contribution in [0.3, 0.4) is 0 Å². The van der Waals surface area contributed by atoms with Crippen LogP contribution < -0.4 is 0 Å². The van der Waals surface area contributed by atoms with E-state index in [1.807, 2.05) is 12.1 Å². The zero-order valence-electron chi connectivity index (χ0n) is 63.5. The van der Waals surface area contributed by atoms with Crippen LogP contribution in [0.5, 0.6) is 0 Å². The molecule has 0 N–H and O–H groups in total. The second-order valence-electron chi connectivity index (χ2n) is 29.7. The molecule has 0 bridgehead atoms. The fraction of sp³-hybridized carbons (Fsp3) is 0.860. The van der Waals surface area contributed by atoms with E-state index in [4.69, 9.17) is 0 Å². The van der Waals surface area contributed by atoms with Gasteiger partial charge in [0.2, 0.25) is 0 Å². The fourth-order valence-corrected chi connectivity index (χ4v) is 15.8. The average molecular weight is 1490 g/mol. The van der Waals surface area contributed by atoms with Crippen molar-refractivity contribution in [1.29, 1.82) is 0 Å². The summed E-state index contributed by atoms with van der Waals surface area (Å²) in [5.74, 6) is 0. The Morgan fingerprint density at radius 1 is 0.200 bits per heavy atom. The molecule has 2 rings (SSSR count). The number of hydrogen-bond donors (Lipinski definition) is 0. The largest absolute Gasteiger partial charge is 2.00 e. The molecule has 0 amide bonds. The Hall–Kier alpha value is -0.169. The summed E-state index contributed by atoms with van der Waals surface area (Å²) in [6, 6.07) is 13.3. The third kappa shape index (κ3) is 68.1. The van der Waals surface area contributed by atoms with E-state index in [2.05, 4.69) is 13.8 Å². The number of hydrogen-bond acceptors (Lipinski definition) is 6. The molecule has 2 aromatic rings. The molecule has 0 saturated heterocycles. The first-order valence-electron chi connectivity index (χ1n) is 42.2. The second kappa shape index (κ2) is 75.0. The van der Waals surface area contributed by atoms with Gasteiger partial charge in [-0.05, 0) is 48.9 Å². The quantitative estimate of drug-likeness (QED) is 0.0370. The maximum atomic E-state index is 11.4. The molecule has 0 fully saturated rings. The summed E-state index contributed by atoms with van der Waals surface area (Å²) in [6.07, 6.45) is 99.8. The predicted molar refractivity (Wildman–Crippen MR) is 417 cm³/mol. The van der Waals surface area contributed by atoms with E-state index in [1.165, 1.54) is 436 Å². The van der Waals surface area contributed by atoms with Gasteiger partial charge >= 0.3 is 48.9 Å². The molecule has 2 aromatic carbocycles. The van der Waals surface area contributed by atoms with Gasteiger partial charge in [0.15, 0.2) is 0 Å². The van der Waals surface area contributed by atoms with Crippen molar-refractivity contribution in [1.82, 2.24) is 0 Å². The summed E-state index contributed by atoms with van der Waals surface area (Å²) in [7, 11) is -8.73. The Morgan fingerprint density at radius 3 is 0.442 bits per heavy atom. The average Bonchev–Trinajstić information content (AvgIpc) is 0.896. The van der Waals surface area contributed by atoms with E-state index in [0.717, 1.165) is 25.7 Å². The van der Waals surface area contributed by atoms with Gasteiger partial charge in [0.1, 0.15) is 20.2 Å². The molecule has 95 heavy (non-hydrogen) atoms. The monoisotopic (exact) mass is 1490 g/mol. The van der Waals surface area contributed by atoms with Crippen LogP contribution in [0.2, 0.25) is 0 Å². The van der Waals surface area contributed by atoms with Gasteiger partial charge < -0.3 is 9.11 Å². The van der Waals surface area contributed by atoms with Crippen molar-refractivity contribution < 1.29 is 25.9 Å². The molecule has 0 aromatic heterocycles.